The first-order valence-electron chi connectivity index (χ1n) is 16.8. The second-order valence-corrected chi connectivity index (χ2v) is 12.5. The van der Waals surface area contributed by atoms with Crippen molar-refractivity contribution >= 4 is 47.8 Å². The van der Waals surface area contributed by atoms with Crippen LogP contribution in [-0.2, 0) is 95.2 Å². The Morgan fingerprint density at radius 1 is 0.509 bits per heavy atom. The first-order valence-corrected chi connectivity index (χ1v) is 16.8. The quantitative estimate of drug-likeness (QED) is 0.104. The molecule has 0 aromatic heterocycles. The van der Waals surface area contributed by atoms with Crippen LogP contribution in [0.2, 0.25) is 0 Å². The van der Waals surface area contributed by atoms with Crippen molar-refractivity contribution in [1.29, 1.82) is 0 Å². The van der Waals surface area contributed by atoms with Crippen molar-refractivity contribution in [2.75, 3.05) is 26.4 Å². The van der Waals surface area contributed by atoms with Gasteiger partial charge in [0, 0.05) is 55.4 Å². The van der Waals surface area contributed by atoms with E-state index in [9.17, 15) is 43.5 Å². The van der Waals surface area contributed by atoms with Gasteiger partial charge in [-0.25, -0.2) is 0 Å². The summed E-state index contributed by atoms with van der Waals surface area (Å²) in [5.41, 5.74) is -2.07. The molecule has 10 atom stereocenters. The zero-order valence-electron chi connectivity index (χ0n) is 31.7. The number of hydrogen-bond donors (Lipinski definition) is 1. The summed E-state index contributed by atoms with van der Waals surface area (Å²) in [5.74, 6) is -6.74. The second-order valence-electron chi connectivity index (χ2n) is 12.5. The largest absolute Gasteiger partial charge is 0.463 e. The van der Waals surface area contributed by atoms with E-state index in [-0.39, 0.29) is 6.42 Å². The molecule has 1 N–H and O–H groups in total. The average Bonchev–Trinajstić information content (AvgIpc) is 3.04. The van der Waals surface area contributed by atoms with Gasteiger partial charge in [0.05, 0.1) is 13.2 Å². The Morgan fingerprint density at radius 3 is 1.07 bits per heavy atom. The molecule has 21 heteroatoms. The van der Waals surface area contributed by atoms with E-state index in [1.165, 1.54) is 6.08 Å². The van der Waals surface area contributed by atoms with Crippen LogP contribution in [-0.4, -0.2) is 146 Å². The molecule has 0 aliphatic carbocycles. The van der Waals surface area contributed by atoms with E-state index in [2.05, 4.69) is 6.58 Å². The maximum atomic E-state index is 12.2. The molecule has 2 rings (SSSR count). The van der Waals surface area contributed by atoms with Crippen LogP contribution in [0, 0.1) is 0 Å². The van der Waals surface area contributed by atoms with E-state index in [0.29, 0.717) is 0 Å². The van der Waals surface area contributed by atoms with Crippen LogP contribution in [0.25, 0.3) is 0 Å². The van der Waals surface area contributed by atoms with Crippen molar-refractivity contribution in [2.24, 2.45) is 0 Å². The molecule has 0 aromatic carbocycles. The van der Waals surface area contributed by atoms with E-state index in [1.807, 2.05) is 0 Å². The summed E-state index contributed by atoms with van der Waals surface area (Å²) in [6.07, 6.45) is -14.4. The maximum absolute atomic E-state index is 12.2. The molecule has 0 spiro atoms. The summed E-state index contributed by atoms with van der Waals surface area (Å²) < 4.78 is 66.0. The summed E-state index contributed by atoms with van der Waals surface area (Å²) >= 11 is 0. The lowest BCUT2D eigenvalue weighted by Crippen LogP contribution is -2.64. The molecule has 0 aromatic rings. The predicted octanol–water partition coefficient (Wildman–Crippen LogP) is -0.507. The molecule has 21 nitrogen and oxygen atoms in total. The Bertz CT molecular complexity index is 1310. The molecular weight excluding hydrogens is 744 g/mol. The highest BCUT2D eigenvalue weighted by atomic mass is 16.8. The number of hydrogen-bond acceptors (Lipinski definition) is 21. The topological polar surface area (TPSA) is 268 Å². The molecular formula is C34H48O21. The number of esters is 8. The van der Waals surface area contributed by atoms with Gasteiger partial charge in [-0.3, -0.25) is 38.4 Å². The van der Waals surface area contributed by atoms with Crippen molar-refractivity contribution < 1.29 is 100 Å². The number of aliphatic hydroxyl groups is 1. The minimum absolute atomic E-state index is 0.274. The van der Waals surface area contributed by atoms with Crippen LogP contribution in [0.1, 0.15) is 61.8 Å². The van der Waals surface area contributed by atoms with E-state index in [4.69, 9.17) is 56.8 Å². The van der Waals surface area contributed by atoms with Gasteiger partial charge < -0.3 is 61.9 Å². The van der Waals surface area contributed by atoms with Gasteiger partial charge in [-0.2, -0.15) is 0 Å². The van der Waals surface area contributed by atoms with E-state index in [0.717, 1.165) is 55.4 Å². The van der Waals surface area contributed by atoms with Crippen LogP contribution in [0.5, 0.6) is 0 Å². The lowest BCUT2D eigenvalue weighted by molar-refractivity contribution is -0.326. The molecule has 310 valence electrons. The summed E-state index contributed by atoms with van der Waals surface area (Å²) in [5, 5.41) is 11.8. The average molecular weight is 793 g/mol. The van der Waals surface area contributed by atoms with Gasteiger partial charge in [0.2, 0.25) is 0 Å². The van der Waals surface area contributed by atoms with Gasteiger partial charge in [-0.1, -0.05) is 6.08 Å². The smallest absolute Gasteiger partial charge is 0.303 e. The molecule has 2 aliphatic heterocycles. The third kappa shape index (κ3) is 15.2. The van der Waals surface area contributed by atoms with Gasteiger partial charge in [-0.15, -0.1) is 6.58 Å². The first kappa shape index (κ1) is 46.5. The van der Waals surface area contributed by atoms with Crippen molar-refractivity contribution in [3.05, 3.63) is 12.7 Å². The highest BCUT2D eigenvalue weighted by molar-refractivity contribution is 5.70. The van der Waals surface area contributed by atoms with E-state index in [1.54, 1.807) is 0 Å². The van der Waals surface area contributed by atoms with Crippen LogP contribution >= 0.6 is 0 Å². The molecule has 0 radical (unpaired) electrons. The Kier molecular flexibility index (Phi) is 18.1. The van der Waals surface area contributed by atoms with Gasteiger partial charge >= 0.3 is 47.8 Å². The first-order chi connectivity index (χ1) is 25.7. The fourth-order valence-corrected chi connectivity index (χ4v) is 5.55. The molecule has 2 saturated heterocycles. The zero-order valence-corrected chi connectivity index (χ0v) is 31.7. The number of carbonyl (C=O) groups is 8. The Balaban J connectivity index is 2.50. The molecule has 55 heavy (non-hydrogen) atoms. The van der Waals surface area contributed by atoms with Crippen LogP contribution < -0.4 is 0 Å². The standard InChI is InChI=1S/C34H48O21/c1-10-11-34(43,14-46-32-30(52-22(8)41)28(50-20(6)39)26(48-18(4)37)24(54-32)12-44-16(2)35)15-47-33-31(53-23(9)42)29(51-21(7)40)27(49-19(5)38)25(55-33)13-45-17(3)36/h10,24-33,43H,1,11-15H2,2-9H3/t24-,25-,26-,27-,28+,29+,30-,31-,32-,33-/m1/s1. The highest BCUT2D eigenvalue weighted by Gasteiger charge is 2.55. The molecule has 2 fully saturated rings. The monoisotopic (exact) mass is 792 g/mol. The van der Waals surface area contributed by atoms with Crippen molar-refractivity contribution in [3.63, 3.8) is 0 Å². The molecule has 0 saturated carbocycles. The lowest BCUT2D eigenvalue weighted by Gasteiger charge is -2.45. The van der Waals surface area contributed by atoms with Crippen molar-refractivity contribution in [1.82, 2.24) is 0 Å². The molecule has 2 aliphatic rings. The van der Waals surface area contributed by atoms with Gasteiger partial charge in [0.1, 0.15) is 31.0 Å². The second kappa shape index (κ2) is 21.4. The van der Waals surface area contributed by atoms with Crippen LogP contribution in [0.15, 0.2) is 12.7 Å². The van der Waals surface area contributed by atoms with E-state index >= 15 is 0 Å². The summed E-state index contributed by atoms with van der Waals surface area (Å²) in [6.45, 7) is 9.55. The highest BCUT2D eigenvalue weighted by Crippen LogP contribution is 2.33. The third-order valence-electron chi connectivity index (χ3n) is 7.45. The van der Waals surface area contributed by atoms with Crippen molar-refractivity contribution in [2.45, 2.75) is 129 Å². The SMILES string of the molecule is C=CCC(O)(CO[C@@H]1O[C@H](COC(C)=O)[C@@H](OC(C)=O)[C@H](OC(C)=O)[C@H]1OC(C)=O)CO[C@@H]1O[C@H](COC(C)=O)[C@@H](OC(C)=O)[C@H](OC(C)=O)[C@H]1OC(C)=O. The predicted molar refractivity (Wildman–Crippen MR) is 176 cm³/mol. The third-order valence-corrected chi connectivity index (χ3v) is 7.45. The molecule has 0 bridgehead atoms. The van der Waals surface area contributed by atoms with Crippen LogP contribution in [0.4, 0.5) is 0 Å². The summed E-state index contributed by atoms with van der Waals surface area (Å²) in [7, 11) is 0. The Hall–Kier alpha value is -4.70. The fraction of sp³-hybridized carbons (Fsp3) is 0.706. The van der Waals surface area contributed by atoms with Gasteiger partial charge in [0.25, 0.3) is 0 Å². The normalized spacial score (nSPS) is 27.7. The zero-order chi connectivity index (χ0) is 41.6. The Labute approximate surface area is 316 Å². The molecule has 0 amide bonds. The van der Waals surface area contributed by atoms with E-state index < -0.39 is 141 Å². The van der Waals surface area contributed by atoms with Crippen molar-refractivity contribution in [3.8, 4) is 0 Å². The number of rotatable bonds is 18. The number of carbonyl (C=O) groups excluding carboxylic acids is 8. The summed E-state index contributed by atoms with van der Waals surface area (Å²) in [6, 6.07) is 0. The van der Waals surface area contributed by atoms with Gasteiger partial charge in [-0.05, 0) is 6.42 Å². The summed E-state index contributed by atoms with van der Waals surface area (Å²) in [4.78, 5) is 96.2. The minimum atomic E-state index is -2.07. The number of ether oxygens (including phenoxy) is 12. The van der Waals surface area contributed by atoms with Crippen LogP contribution in [0.3, 0.4) is 0 Å². The molecule has 0 unspecified atom stereocenters. The Morgan fingerprint density at radius 2 is 0.800 bits per heavy atom. The van der Waals surface area contributed by atoms with Gasteiger partial charge in [0.15, 0.2) is 49.2 Å². The molecule has 2 heterocycles. The fourth-order valence-electron chi connectivity index (χ4n) is 5.55. The maximum Gasteiger partial charge on any atom is 0.303 e. The minimum Gasteiger partial charge on any atom is -0.463 e. The lowest BCUT2D eigenvalue weighted by atomic mass is 9.97.